The summed E-state index contributed by atoms with van der Waals surface area (Å²) in [5.41, 5.74) is -0.220. The fourth-order valence-electron chi connectivity index (χ4n) is 3.14. The summed E-state index contributed by atoms with van der Waals surface area (Å²) in [6.07, 6.45) is 1.79. The standard InChI is InChI=1S/C15H25N5OS/c1-11(2)20-13(21)9-19(10-15(20,3)4)14(16-5)18-8-12-17-6-7-22-12/h6-7,11H,8-10H2,1-5H3,(H,16,18). The molecular formula is C15H25N5OS. The Bertz CT molecular complexity index is 538. The lowest BCUT2D eigenvalue weighted by molar-refractivity contribution is -0.145. The van der Waals surface area contributed by atoms with Crippen molar-refractivity contribution in [3.63, 3.8) is 0 Å². The van der Waals surface area contributed by atoms with Gasteiger partial charge in [-0.3, -0.25) is 9.79 Å². The van der Waals surface area contributed by atoms with Crippen LogP contribution in [0.2, 0.25) is 0 Å². The van der Waals surface area contributed by atoms with Crippen LogP contribution in [0.4, 0.5) is 0 Å². The number of nitrogens with one attached hydrogen (secondary N) is 1. The molecule has 0 unspecified atom stereocenters. The van der Waals surface area contributed by atoms with Gasteiger partial charge in [-0.25, -0.2) is 4.98 Å². The van der Waals surface area contributed by atoms with E-state index in [-0.39, 0.29) is 17.5 Å². The second-order valence-corrected chi connectivity index (χ2v) is 7.33. The molecule has 0 spiro atoms. The van der Waals surface area contributed by atoms with E-state index in [0.29, 0.717) is 13.1 Å². The van der Waals surface area contributed by atoms with Gasteiger partial charge in [-0.2, -0.15) is 0 Å². The summed E-state index contributed by atoms with van der Waals surface area (Å²) in [4.78, 5) is 25.1. The molecule has 1 aliphatic rings. The molecule has 0 bridgehead atoms. The highest BCUT2D eigenvalue weighted by molar-refractivity contribution is 7.09. The van der Waals surface area contributed by atoms with E-state index in [1.807, 2.05) is 15.2 Å². The second-order valence-electron chi connectivity index (χ2n) is 6.35. The number of aliphatic imine (C=N–C) groups is 1. The predicted octanol–water partition coefficient (Wildman–Crippen LogP) is 1.55. The lowest BCUT2D eigenvalue weighted by atomic mass is 9.96. The van der Waals surface area contributed by atoms with Crippen LogP contribution in [-0.4, -0.2) is 58.4 Å². The van der Waals surface area contributed by atoms with Crippen molar-refractivity contribution < 1.29 is 4.79 Å². The van der Waals surface area contributed by atoms with Gasteiger partial charge in [0.1, 0.15) is 5.01 Å². The number of carbonyl (C=O) groups excluding carboxylic acids is 1. The molecule has 1 N–H and O–H groups in total. The van der Waals surface area contributed by atoms with Crippen molar-refractivity contribution in [2.24, 2.45) is 4.99 Å². The van der Waals surface area contributed by atoms with Gasteiger partial charge in [-0.15, -0.1) is 11.3 Å². The molecule has 1 fully saturated rings. The van der Waals surface area contributed by atoms with Crippen molar-refractivity contribution in [2.45, 2.75) is 45.8 Å². The third kappa shape index (κ3) is 3.58. The average Bonchev–Trinajstić information content (AvgIpc) is 2.90. The molecule has 7 heteroatoms. The van der Waals surface area contributed by atoms with Crippen molar-refractivity contribution in [1.29, 1.82) is 0 Å². The first-order valence-corrected chi connectivity index (χ1v) is 8.39. The molecular weight excluding hydrogens is 298 g/mol. The van der Waals surface area contributed by atoms with Crippen LogP contribution in [0.15, 0.2) is 16.6 Å². The maximum absolute atomic E-state index is 12.5. The monoisotopic (exact) mass is 323 g/mol. The van der Waals surface area contributed by atoms with Crippen LogP contribution in [0.1, 0.15) is 32.7 Å². The SMILES string of the molecule is CN=C(NCc1nccs1)N1CC(=O)N(C(C)C)C(C)(C)C1. The first kappa shape index (κ1) is 16.7. The van der Waals surface area contributed by atoms with Crippen LogP contribution in [-0.2, 0) is 11.3 Å². The Balaban J connectivity index is 2.06. The Morgan fingerprint density at radius 3 is 2.77 bits per heavy atom. The lowest BCUT2D eigenvalue weighted by Crippen LogP contribution is -2.66. The number of piperazine rings is 1. The highest BCUT2D eigenvalue weighted by atomic mass is 32.1. The highest BCUT2D eigenvalue weighted by Gasteiger charge is 2.40. The first-order chi connectivity index (χ1) is 10.3. The summed E-state index contributed by atoms with van der Waals surface area (Å²) < 4.78 is 0. The van der Waals surface area contributed by atoms with Gasteiger partial charge in [0.05, 0.1) is 18.6 Å². The molecule has 2 rings (SSSR count). The van der Waals surface area contributed by atoms with E-state index in [9.17, 15) is 4.79 Å². The molecule has 0 atom stereocenters. The Morgan fingerprint density at radius 1 is 1.55 bits per heavy atom. The normalized spacial score (nSPS) is 19.0. The fourth-order valence-corrected chi connectivity index (χ4v) is 3.70. The number of nitrogens with zero attached hydrogens (tertiary/aromatic N) is 4. The number of hydrogen-bond donors (Lipinski definition) is 1. The number of carbonyl (C=O) groups is 1. The maximum atomic E-state index is 12.5. The number of thiazole rings is 1. The molecule has 1 aliphatic heterocycles. The number of hydrogen-bond acceptors (Lipinski definition) is 4. The van der Waals surface area contributed by atoms with Crippen LogP contribution in [0.5, 0.6) is 0 Å². The van der Waals surface area contributed by atoms with Gasteiger partial charge in [0, 0.05) is 31.2 Å². The quantitative estimate of drug-likeness (QED) is 0.677. The van der Waals surface area contributed by atoms with Gasteiger partial charge in [0.25, 0.3) is 0 Å². The largest absolute Gasteiger partial charge is 0.350 e. The number of amides is 1. The van der Waals surface area contributed by atoms with Crippen molar-refractivity contribution in [1.82, 2.24) is 20.1 Å². The van der Waals surface area contributed by atoms with Crippen LogP contribution < -0.4 is 5.32 Å². The van der Waals surface area contributed by atoms with Crippen LogP contribution >= 0.6 is 11.3 Å². The lowest BCUT2D eigenvalue weighted by Gasteiger charge is -2.49. The minimum absolute atomic E-state index is 0.142. The van der Waals surface area contributed by atoms with Crippen molar-refractivity contribution in [2.75, 3.05) is 20.1 Å². The van der Waals surface area contributed by atoms with Gasteiger partial charge in [0.2, 0.25) is 5.91 Å². The van der Waals surface area contributed by atoms with Crippen LogP contribution in [0, 0.1) is 0 Å². The second kappa shape index (κ2) is 6.64. The Labute approximate surface area is 136 Å². The summed E-state index contributed by atoms with van der Waals surface area (Å²) in [5, 5.41) is 6.26. The van der Waals surface area contributed by atoms with Gasteiger partial charge < -0.3 is 15.1 Å². The fraction of sp³-hybridized carbons (Fsp3) is 0.667. The molecule has 2 heterocycles. The van der Waals surface area contributed by atoms with E-state index in [4.69, 9.17) is 0 Å². The summed E-state index contributed by atoms with van der Waals surface area (Å²) in [6.45, 7) is 10.1. The van der Waals surface area contributed by atoms with Crippen LogP contribution in [0.25, 0.3) is 0 Å². The number of aromatic nitrogens is 1. The van der Waals surface area contributed by atoms with Crippen molar-refractivity contribution >= 4 is 23.2 Å². The predicted molar refractivity (Wildman–Crippen MR) is 89.9 cm³/mol. The van der Waals surface area contributed by atoms with Crippen molar-refractivity contribution in [3.8, 4) is 0 Å². The van der Waals surface area contributed by atoms with E-state index in [1.165, 1.54) is 0 Å². The van der Waals surface area contributed by atoms with Gasteiger partial charge in [0.15, 0.2) is 5.96 Å². The summed E-state index contributed by atoms with van der Waals surface area (Å²) in [6, 6.07) is 0.204. The molecule has 1 aromatic heterocycles. The molecule has 22 heavy (non-hydrogen) atoms. The van der Waals surface area contributed by atoms with Crippen LogP contribution in [0.3, 0.4) is 0 Å². The minimum Gasteiger partial charge on any atom is -0.350 e. The Kier molecular flexibility index (Phi) is 5.05. The number of rotatable bonds is 3. The van der Waals surface area contributed by atoms with Gasteiger partial charge >= 0.3 is 0 Å². The third-order valence-electron chi connectivity index (χ3n) is 3.73. The molecule has 1 saturated heterocycles. The van der Waals surface area contributed by atoms with Crippen molar-refractivity contribution in [3.05, 3.63) is 16.6 Å². The molecule has 0 radical (unpaired) electrons. The molecule has 1 amide bonds. The van der Waals surface area contributed by atoms with E-state index in [2.05, 4.69) is 43.0 Å². The first-order valence-electron chi connectivity index (χ1n) is 7.51. The zero-order valence-electron chi connectivity index (χ0n) is 14.0. The van der Waals surface area contributed by atoms with E-state index < -0.39 is 0 Å². The number of guanidine groups is 1. The Hall–Kier alpha value is -1.63. The van der Waals surface area contributed by atoms with Gasteiger partial charge in [-0.1, -0.05) is 0 Å². The average molecular weight is 323 g/mol. The molecule has 122 valence electrons. The summed E-state index contributed by atoms with van der Waals surface area (Å²) in [5.74, 6) is 0.892. The zero-order valence-corrected chi connectivity index (χ0v) is 14.8. The summed E-state index contributed by atoms with van der Waals surface area (Å²) in [7, 11) is 1.75. The molecule has 0 aromatic carbocycles. The topological polar surface area (TPSA) is 60.8 Å². The van der Waals surface area contributed by atoms with E-state index in [0.717, 1.165) is 17.5 Å². The third-order valence-corrected chi connectivity index (χ3v) is 4.51. The molecule has 1 aromatic rings. The maximum Gasteiger partial charge on any atom is 0.242 e. The van der Waals surface area contributed by atoms with E-state index >= 15 is 0 Å². The zero-order chi connectivity index (χ0) is 16.3. The smallest absolute Gasteiger partial charge is 0.242 e. The molecule has 6 nitrogen and oxygen atoms in total. The Morgan fingerprint density at radius 2 is 2.27 bits per heavy atom. The van der Waals surface area contributed by atoms with E-state index in [1.54, 1.807) is 24.6 Å². The molecule has 0 saturated carbocycles. The summed E-state index contributed by atoms with van der Waals surface area (Å²) >= 11 is 1.60. The van der Waals surface area contributed by atoms with Gasteiger partial charge in [-0.05, 0) is 27.7 Å². The minimum atomic E-state index is -0.220. The highest BCUT2D eigenvalue weighted by Crippen LogP contribution is 2.24. The molecule has 0 aliphatic carbocycles.